The van der Waals surface area contributed by atoms with Crippen molar-refractivity contribution in [3.63, 3.8) is 0 Å². The molecule has 0 bridgehead atoms. The quantitative estimate of drug-likeness (QED) is 0.648. The molecule has 0 fully saturated rings. The first kappa shape index (κ1) is 18.7. The number of ether oxygens (including phenoxy) is 2. The van der Waals surface area contributed by atoms with E-state index in [2.05, 4.69) is 15.3 Å². The molecule has 0 unspecified atom stereocenters. The van der Waals surface area contributed by atoms with Gasteiger partial charge >= 0.3 is 6.03 Å². The zero-order chi connectivity index (χ0) is 19.2. The largest absolute Gasteiger partial charge is 0.475 e. The fourth-order valence-corrected chi connectivity index (χ4v) is 2.61. The zero-order valence-electron chi connectivity index (χ0n) is 15.7. The molecule has 0 saturated carbocycles. The summed E-state index contributed by atoms with van der Waals surface area (Å²) < 4.78 is 12.3. The van der Waals surface area contributed by atoms with E-state index in [1.807, 2.05) is 35.9 Å². The van der Waals surface area contributed by atoms with Crippen molar-refractivity contribution in [2.24, 2.45) is 7.05 Å². The number of amides is 2. The predicted octanol–water partition coefficient (Wildman–Crippen LogP) is 2.66. The molecule has 0 atom stereocenters. The third-order valence-electron chi connectivity index (χ3n) is 4.13. The number of methoxy groups -OCH3 is 1. The lowest BCUT2D eigenvalue weighted by Gasteiger charge is -2.17. The molecule has 8 nitrogen and oxygen atoms in total. The number of hydrogen-bond acceptors (Lipinski definition) is 5. The van der Waals surface area contributed by atoms with Gasteiger partial charge in [-0.3, -0.25) is 0 Å². The van der Waals surface area contributed by atoms with Gasteiger partial charge in [-0.1, -0.05) is 12.1 Å². The van der Waals surface area contributed by atoms with Crippen molar-refractivity contribution >= 4 is 22.8 Å². The molecule has 8 heteroatoms. The van der Waals surface area contributed by atoms with Gasteiger partial charge in [0, 0.05) is 27.3 Å². The molecule has 0 saturated heterocycles. The number of anilines is 1. The first-order valence-corrected chi connectivity index (χ1v) is 8.58. The van der Waals surface area contributed by atoms with E-state index in [9.17, 15) is 4.79 Å². The Hall–Kier alpha value is -3.13. The van der Waals surface area contributed by atoms with Gasteiger partial charge in [-0.15, -0.1) is 0 Å². The zero-order valence-corrected chi connectivity index (χ0v) is 15.7. The van der Waals surface area contributed by atoms with Crippen molar-refractivity contribution in [3.8, 4) is 5.88 Å². The number of rotatable bonds is 7. The molecule has 27 heavy (non-hydrogen) atoms. The van der Waals surface area contributed by atoms with Crippen LogP contribution < -0.4 is 10.1 Å². The van der Waals surface area contributed by atoms with Crippen molar-refractivity contribution in [2.75, 3.05) is 32.7 Å². The number of pyridine rings is 1. The Morgan fingerprint density at radius 3 is 2.74 bits per heavy atom. The highest BCUT2D eigenvalue weighted by molar-refractivity contribution is 5.89. The predicted molar refractivity (Wildman–Crippen MR) is 103 cm³/mol. The number of fused-ring (bicyclic) bond motifs is 1. The number of para-hydroxylation sites is 2. The highest BCUT2D eigenvalue weighted by Gasteiger charge is 2.14. The minimum Gasteiger partial charge on any atom is -0.475 e. The van der Waals surface area contributed by atoms with E-state index >= 15 is 0 Å². The molecule has 0 aliphatic carbocycles. The molecule has 2 heterocycles. The summed E-state index contributed by atoms with van der Waals surface area (Å²) in [6.07, 6.45) is 1.56. The van der Waals surface area contributed by atoms with Gasteiger partial charge in [0.1, 0.15) is 12.4 Å². The van der Waals surface area contributed by atoms with Crippen molar-refractivity contribution in [3.05, 3.63) is 48.4 Å². The van der Waals surface area contributed by atoms with Gasteiger partial charge in [-0.2, -0.15) is 0 Å². The van der Waals surface area contributed by atoms with E-state index in [0.717, 1.165) is 16.9 Å². The number of urea groups is 1. The second kappa shape index (κ2) is 8.50. The van der Waals surface area contributed by atoms with Gasteiger partial charge in [0.2, 0.25) is 5.88 Å². The van der Waals surface area contributed by atoms with E-state index in [-0.39, 0.29) is 6.03 Å². The van der Waals surface area contributed by atoms with Crippen LogP contribution >= 0.6 is 0 Å². The highest BCUT2D eigenvalue weighted by Crippen LogP contribution is 2.16. The molecule has 0 radical (unpaired) electrons. The molecular formula is C19H23N5O3. The summed E-state index contributed by atoms with van der Waals surface area (Å²) in [7, 11) is 5.28. The van der Waals surface area contributed by atoms with Crippen molar-refractivity contribution in [1.29, 1.82) is 0 Å². The summed E-state index contributed by atoms with van der Waals surface area (Å²) in [5.41, 5.74) is 2.54. The smallest absolute Gasteiger partial charge is 0.322 e. The average molecular weight is 369 g/mol. The molecule has 3 rings (SSSR count). The Labute approximate surface area is 157 Å². The lowest BCUT2D eigenvalue weighted by molar-refractivity contribution is 0.144. The highest BCUT2D eigenvalue weighted by atomic mass is 16.5. The molecule has 2 aromatic heterocycles. The number of imidazole rings is 1. The summed E-state index contributed by atoms with van der Waals surface area (Å²) in [5, 5.41) is 2.82. The number of aryl methyl sites for hydroxylation is 1. The summed E-state index contributed by atoms with van der Waals surface area (Å²) in [6.45, 7) is 1.31. The Morgan fingerprint density at radius 1 is 1.22 bits per heavy atom. The molecule has 0 spiro atoms. The standard InChI is InChI=1S/C19H23N5O3/c1-23(13-17-22-15-6-4-5-7-16(15)24(17)2)19(25)21-14-8-9-18(20-12-14)27-11-10-26-3/h4-9,12H,10-11,13H2,1-3H3,(H,21,25). The van der Waals surface area contributed by atoms with E-state index in [4.69, 9.17) is 9.47 Å². The molecule has 3 aromatic rings. The normalized spacial score (nSPS) is 10.8. The van der Waals surface area contributed by atoms with Gasteiger partial charge in [-0.25, -0.2) is 14.8 Å². The molecular weight excluding hydrogens is 346 g/mol. The van der Waals surface area contributed by atoms with E-state index in [1.54, 1.807) is 37.4 Å². The number of hydrogen-bond donors (Lipinski definition) is 1. The summed E-state index contributed by atoms with van der Waals surface area (Å²) >= 11 is 0. The van der Waals surface area contributed by atoms with Crippen LogP contribution in [0.2, 0.25) is 0 Å². The Balaban J connectivity index is 1.59. The van der Waals surface area contributed by atoms with Crippen LogP contribution in [0.3, 0.4) is 0 Å². The van der Waals surface area contributed by atoms with Gasteiger partial charge in [0.15, 0.2) is 0 Å². The molecule has 0 aliphatic rings. The maximum Gasteiger partial charge on any atom is 0.322 e. The van der Waals surface area contributed by atoms with Crippen molar-refractivity contribution < 1.29 is 14.3 Å². The lowest BCUT2D eigenvalue weighted by atomic mass is 10.3. The number of nitrogens with zero attached hydrogens (tertiary/aromatic N) is 4. The van der Waals surface area contributed by atoms with Crippen LogP contribution in [-0.2, 0) is 18.3 Å². The Kier molecular flexibility index (Phi) is 5.87. The van der Waals surface area contributed by atoms with Crippen LogP contribution in [0, 0.1) is 0 Å². The molecule has 0 aliphatic heterocycles. The monoisotopic (exact) mass is 369 g/mol. The van der Waals surface area contributed by atoms with Crippen molar-refractivity contribution in [2.45, 2.75) is 6.54 Å². The van der Waals surface area contributed by atoms with Gasteiger partial charge < -0.3 is 24.3 Å². The fraction of sp³-hybridized carbons (Fsp3) is 0.316. The summed E-state index contributed by atoms with van der Waals surface area (Å²) in [5.74, 6) is 1.30. The first-order chi connectivity index (χ1) is 13.1. The third kappa shape index (κ3) is 4.53. The Bertz CT molecular complexity index is 907. The topological polar surface area (TPSA) is 81.5 Å². The second-order valence-electron chi connectivity index (χ2n) is 6.09. The third-order valence-corrected chi connectivity index (χ3v) is 4.13. The minimum atomic E-state index is -0.239. The lowest BCUT2D eigenvalue weighted by Crippen LogP contribution is -2.31. The van der Waals surface area contributed by atoms with Crippen LogP contribution in [0.15, 0.2) is 42.6 Å². The van der Waals surface area contributed by atoms with E-state index in [0.29, 0.717) is 31.3 Å². The van der Waals surface area contributed by atoms with Crippen molar-refractivity contribution in [1.82, 2.24) is 19.4 Å². The summed E-state index contributed by atoms with van der Waals surface area (Å²) in [6, 6.07) is 11.1. The number of benzene rings is 1. The SMILES string of the molecule is COCCOc1ccc(NC(=O)N(C)Cc2nc3ccccc3n2C)cn1. The van der Waals surface area contributed by atoms with Crippen LogP contribution in [0.4, 0.5) is 10.5 Å². The minimum absolute atomic E-state index is 0.239. The number of aromatic nitrogens is 3. The first-order valence-electron chi connectivity index (χ1n) is 8.58. The maximum atomic E-state index is 12.4. The summed E-state index contributed by atoms with van der Waals surface area (Å²) in [4.78, 5) is 22.8. The van der Waals surface area contributed by atoms with Gasteiger partial charge in [-0.05, 0) is 18.2 Å². The van der Waals surface area contributed by atoms with Crippen LogP contribution in [0.25, 0.3) is 11.0 Å². The number of carbonyl (C=O) groups is 1. The number of nitrogens with one attached hydrogen (secondary N) is 1. The molecule has 2 amide bonds. The average Bonchev–Trinajstić information content (AvgIpc) is 2.99. The molecule has 1 N–H and O–H groups in total. The molecule has 1 aromatic carbocycles. The van der Waals surface area contributed by atoms with Crippen LogP contribution in [0.1, 0.15) is 5.82 Å². The molecule has 142 valence electrons. The van der Waals surface area contributed by atoms with Gasteiger partial charge in [0.25, 0.3) is 0 Å². The Morgan fingerprint density at radius 2 is 2.04 bits per heavy atom. The van der Waals surface area contributed by atoms with E-state index < -0.39 is 0 Å². The maximum absolute atomic E-state index is 12.4. The van der Waals surface area contributed by atoms with E-state index in [1.165, 1.54) is 0 Å². The number of carbonyl (C=O) groups excluding carboxylic acids is 1. The second-order valence-corrected chi connectivity index (χ2v) is 6.09. The van der Waals surface area contributed by atoms with Crippen LogP contribution in [-0.4, -0.2) is 52.8 Å². The van der Waals surface area contributed by atoms with Crippen LogP contribution in [0.5, 0.6) is 5.88 Å². The fourth-order valence-electron chi connectivity index (χ4n) is 2.61. The van der Waals surface area contributed by atoms with Gasteiger partial charge in [0.05, 0.1) is 36.1 Å².